The highest BCUT2D eigenvalue weighted by atomic mass is 16.3. The summed E-state index contributed by atoms with van der Waals surface area (Å²) in [5.74, 6) is 0. The van der Waals surface area contributed by atoms with Crippen molar-refractivity contribution in [1.29, 1.82) is 0 Å². The molecule has 0 radical (unpaired) electrons. The number of hydrogen-bond acceptors (Lipinski definition) is 2. The van der Waals surface area contributed by atoms with Crippen LogP contribution in [0.3, 0.4) is 0 Å². The summed E-state index contributed by atoms with van der Waals surface area (Å²) >= 11 is 0. The van der Waals surface area contributed by atoms with Gasteiger partial charge in [-0.05, 0) is 32.7 Å². The molecule has 2 atom stereocenters. The first-order chi connectivity index (χ1) is 8.02. The third-order valence-corrected chi connectivity index (χ3v) is 3.83. The predicted molar refractivity (Wildman–Crippen MR) is 76.3 cm³/mol. The summed E-state index contributed by atoms with van der Waals surface area (Å²) in [5.41, 5.74) is 0.0753. The number of aliphatic hydroxyl groups is 1. The molecule has 0 fully saturated rings. The fourth-order valence-corrected chi connectivity index (χ4v) is 2.38. The van der Waals surface area contributed by atoms with Gasteiger partial charge in [-0.3, -0.25) is 0 Å². The lowest BCUT2D eigenvalue weighted by atomic mass is 9.85. The van der Waals surface area contributed by atoms with E-state index in [0.29, 0.717) is 12.6 Å². The van der Waals surface area contributed by atoms with Gasteiger partial charge in [-0.1, -0.05) is 40.5 Å². The number of aliphatic hydroxyl groups excluding tert-OH is 1. The lowest BCUT2D eigenvalue weighted by molar-refractivity contribution is 0.0607. The van der Waals surface area contributed by atoms with Gasteiger partial charge in [-0.15, -0.1) is 0 Å². The highest BCUT2D eigenvalue weighted by Gasteiger charge is 2.27. The van der Waals surface area contributed by atoms with Crippen molar-refractivity contribution in [2.24, 2.45) is 5.41 Å². The average molecular weight is 243 g/mol. The minimum atomic E-state index is 0.0753. The van der Waals surface area contributed by atoms with Crippen molar-refractivity contribution in [1.82, 2.24) is 4.90 Å². The summed E-state index contributed by atoms with van der Waals surface area (Å²) < 4.78 is 0. The molecule has 17 heavy (non-hydrogen) atoms. The highest BCUT2D eigenvalue weighted by molar-refractivity contribution is 4.79. The summed E-state index contributed by atoms with van der Waals surface area (Å²) in [5, 5.41) is 9.62. The Bertz CT molecular complexity index is 184. The second-order valence-electron chi connectivity index (χ2n) is 5.80. The van der Waals surface area contributed by atoms with Crippen molar-refractivity contribution >= 4 is 0 Å². The van der Waals surface area contributed by atoms with E-state index >= 15 is 0 Å². The Kier molecular flexibility index (Phi) is 8.89. The SMILES string of the molecule is CCCCN(CC(C)(CO)CCC)C(C)CC. The summed E-state index contributed by atoms with van der Waals surface area (Å²) in [7, 11) is 0. The van der Waals surface area contributed by atoms with Crippen molar-refractivity contribution in [2.75, 3.05) is 19.7 Å². The van der Waals surface area contributed by atoms with Crippen molar-refractivity contribution in [2.45, 2.75) is 72.8 Å². The number of rotatable bonds is 10. The van der Waals surface area contributed by atoms with Gasteiger partial charge >= 0.3 is 0 Å². The van der Waals surface area contributed by atoms with Crippen molar-refractivity contribution in [3.8, 4) is 0 Å². The van der Waals surface area contributed by atoms with Crippen molar-refractivity contribution in [3.05, 3.63) is 0 Å². The molecule has 0 heterocycles. The van der Waals surface area contributed by atoms with Gasteiger partial charge < -0.3 is 10.0 Å². The molecule has 0 aromatic heterocycles. The molecule has 0 spiro atoms. The van der Waals surface area contributed by atoms with E-state index in [9.17, 15) is 5.11 Å². The van der Waals surface area contributed by atoms with Gasteiger partial charge in [0.25, 0.3) is 0 Å². The molecule has 1 N–H and O–H groups in total. The van der Waals surface area contributed by atoms with Crippen LogP contribution in [0.2, 0.25) is 0 Å². The molecule has 104 valence electrons. The van der Waals surface area contributed by atoms with Crippen LogP contribution in [0.1, 0.15) is 66.7 Å². The standard InChI is InChI=1S/C15H33NO/c1-6-9-11-16(14(4)8-3)12-15(5,13-17)10-7-2/h14,17H,6-13H2,1-5H3. The van der Waals surface area contributed by atoms with Crippen LogP contribution >= 0.6 is 0 Å². The molecule has 2 unspecified atom stereocenters. The Labute approximate surface area is 108 Å². The zero-order valence-corrected chi connectivity index (χ0v) is 12.6. The first-order valence-electron chi connectivity index (χ1n) is 7.37. The molecule has 0 aromatic carbocycles. The first kappa shape index (κ1) is 16.9. The predicted octanol–water partition coefficient (Wildman–Crippen LogP) is 3.69. The van der Waals surface area contributed by atoms with Crippen LogP contribution in [0.15, 0.2) is 0 Å². The maximum absolute atomic E-state index is 9.62. The second kappa shape index (κ2) is 8.93. The van der Waals surface area contributed by atoms with Crippen LogP contribution in [-0.2, 0) is 0 Å². The smallest absolute Gasteiger partial charge is 0.0497 e. The largest absolute Gasteiger partial charge is 0.396 e. The summed E-state index contributed by atoms with van der Waals surface area (Å²) in [6, 6.07) is 0.629. The lowest BCUT2D eigenvalue weighted by Gasteiger charge is -2.37. The quantitative estimate of drug-likeness (QED) is 0.632. The van der Waals surface area contributed by atoms with E-state index in [1.54, 1.807) is 0 Å². The number of nitrogens with zero attached hydrogens (tertiary/aromatic N) is 1. The van der Waals surface area contributed by atoms with Gasteiger partial charge in [0.2, 0.25) is 0 Å². The molecule has 2 heteroatoms. The molecule has 0 saturated heterocycles. The monoisotopic (exact) mass is 243 g/mol. The molecular weight excluding hydrogens is 210 g/mol. The Balaban J connectivity index is 4.46. The first-order valence-corrected chi connectivity index (χ1v) is 7.37. The fourth-order valence-electron chi connectivity index (χ4n) is 2.38. The molecule has 0 rings (SSSR count). The Morgan fingerprint density at radius 2 is 1.82 bits per heavy atom. The molecule has 0 amide bonds. The minimum Gasteiger partial charge on any atom is -0.396 e. The van der Waals surface area contributed by atoms with Gasteiger partial charge in [-0.2, -0.15) is 0 Å². The van der Waals surface area contributed by atoms with Gasteiger partial charge in [0.05, 0.1) is 0 Å². The molecule has 0 saturated carbocycles. The normalized spacial score (nSPS) is 17.1. The van der Waals surface area contributed by atoms with Gasteiger partial charge in [0.15, 0.2) is 0 Å². The van der Waals surface area contributed by atoms with E-state index in [1.807, 2.05) is 0 Å². The average Bonchev–Trinajstić information content (AvgIpc) is 2.33. The van der Waals surface area contributed by atoms with Crippen LogP contribution in [0.4, 0.5) is 0 Å². The van der Waals surface area contributed by atoms with Gasteiger partial charge in [0.1, 0.15) is 0 Å². The maximum Gasteiger partial charge on any atom is 0.0497 e. The summed E-state index contributed by atoms with van der Waals surface area (Å²) in [4.78, 5) is 2.56. The van der Waals surface area contributed by atoms with E-state index in [4.69, 9.17) is 0 Å². The minimum absolute atomic E-state index is 0.0753. The molecule has 0 aliphatic carbocycles. The topological polar surface area (TPSA) is 23.5 Å². The number of hydrogen-bond donors (Lipinski definition) is 1. The van der Waals surface area contributed by atoms with E-state index < -0.39 is 0 Å². The molecule has 2 nitrogen and oxygen atoms in total. The molecule has 0 aliphatic heterocycles. The van der Waals surface area contributed by atoms with Gasteiger partial charge in [0, 0.05) is 24.6 Å². The zero-order chi connectivity index (χ0) is 13.3. The van der Waals surface area contributed by atoms with E-state index in [-0.39, 0.29) is 5.41 Å². The third-order valence-electron chi connectivity index (χ3n) is 3.83. The molecule has 0 aliphatic rings. The van der Waals surface area contributed by atoms with Crippen molar-refractivity contribution < 1.29 is 5.11 Å². The second-order valence-corrected chi connectivity index (χ2v) is 5.80. The molecule has 0 bridgehead atoms. The maximum atomic E-state index is 9.62. The van der Waals surface area contributed by atoms with E-state index in [0.717, 1.165) is 19.4 Å². The molecule has 0 aromatic rings. The Morgan fingerprint density at radius 1 is 1.18 bits per heavy atom. The fraction of sp³-hybridized carbons (Fsp3) is 1.00. The highest BCUT2D eigenvalue weighted by Crippen LogP contribution is 2.25. The Hall–Kier alpha value is -0.0800. The lowest BCUT2D eigenvalue weighted by Crippen LogP contribution is -2.43. The van der Waals surface area contributed by atoms with Crippen LogP contribution in [0, 0.1) is 5.41 Å². The van der Waals surface area contributed by atoms with Crippen LogP contribution < -0.4 is 0 Å². The van der Waals surface area contributed by atoms with Crippen LogP contribution in [0.5, 0.6) is 0 Å². The van der Waals surface area contributed by atoms with Crippen molar-refractivity contribution in [3.63, 3.8) is 0 Å². The van der Waals surface area contributed by atoms with Crippen LogP contribution in [0.25, 0.3) is 0 Å². The zero-order valence-electron chi connectivity index (χ0n) is 12.6. The van der Waals surface area contributed by atoms with E-state index in [1.165, 1.54) is 25.8 Å². The Morgan fingerprint density at radius 3 is 2.24 bits per heavy atom. The summed E-state index contributed by atoms with van der Waals surface area (Å²) in [6.07, 6.45) is 5.97. The van der Waals surface area contributed by atoms with Crippen LogP contribution in [-0.4, -0.2) is 35.7 Å². The molecular formula is C15H33NO. The van der Waals surface area contributed by atoms with E-state index in [2.05, 4.69) is 39.5 Å². The third kappa shape index (κ3) is 6.42. The summed E-state index contributed by atoms with van der Waals surface area (Å²) in [6.45, 7) is 13.7. The number of unbranched alkanes of at least 4 members (excludes halogenated alkanes) is 1. The van der Waals surface area contributed by atoms with Gasteiger partial charge in [-0.25, -0.2) is 0 Å².